The van der Waals surface area contributed by atoms with Crippen molar-refractivity contribution in [3.8, 4) is 0 Å². The van der Waals surface area contributed by atoms with Crippen molar-refractivity contribution in [3.05, 3.63) is 77.1 Å². The largest absolute Gasteiger partial charge is 0.394 e. The Morgan fingerprint density at radius 1 is 1.02 bits per heavy atom. The number of aromatic nitrogens is 4. The number of anilines is 2. The number of aliphatic hydroxyl groups excluding tert-OH is 1. The minimum absolute atomic E-state index is 0.0404. The molecule has 9 nitrogen and oxygen atoms in total. The molecule has 0 saturated carbocycles. The molecule has 5 rings (SSSR count). The smallest absolute Gasteiger partial charge is 0.227 e. The summed E-state index contributed by atoms with van der Waals surface area (Å²) in [7, 11) is 1.57. The standard InChI is InChI=1S/C26H25F5N6O3/c1-26(31)21(39-11-14-17(29)7-4-8-18(14)30)19(10-38)40-24(26)37-12-34-20-22(32-2)35-25(36-23(20)37)33-9-13-15(27)5-3-6-16(13)28/h3-8,12,19,21,24,38H,9-11H2,1-2H3,(H2,32,33,35,36)/t19-,21-,24-,26-/m1/s1. The Bertz CT molecular complexity index is 1490. The number of halogens is 5. The minimum atomic E-state index is -2.34. The molecule has 0 radical (unpaired) electrons. The van der Waals surface area contributed by atoms with Crippen molar-refractivity contribution in [2.75, 3.05) is 24.3 Å². The summed E-state index contributed by atoms with van der Waals surface area (Å²) in [5, 5.41) is 15.5. The van der Waals surface area contributed by atoms with Gasteiger partial charge in [0.05, 0.1) is 19.5 Å². The van der Waals surface area contributed by atoms with Gasteiger partial charge in [-0.05, 0) is 31.2 Å². The Balaban J connectivity index is 1.45. The van der Waals surface area contributed by atoms with Gasteiger partial charge >= 0.3 is 0 Å². The summed E-state index contributed by atoms with van der Waals surface area (Å²) < 4.78 is 85.4. The van der Waals surface area contributed by atoms with Crippen LogP contribution in [-0.2, 0) is 22.6 Å². The highest BCUT2D eigenvalue weighted by Gasteiger charge is 2.56. The molecule has 1 fully saturated rings. The van der Waals surface area contributed by atoms with Crippen LogP contribution in [0, 0.1) is 23.3 Å². The van der Waals surface area contributed by atoms with Crippen molar-refractivity contribution < 1.29 is 36.5 Å². The second kappa shape index (κ2) is 10.9. The second-order valence-electron chi connectivity index (χ2n) is 9.32. The van der Waals surface area contributed by atoms with Crippen LogP contribution in [0.2, 0.25) is 0 Å². The fraction of sp³-hybridized carbons (Fsp3) is 0.346. The number of imidazole rings is 1. The van der Waals surface area contributed by atoms with E-state index in [4.69, 9.17) is 9.47 Å². The first kappa shape index (κ1) is 27.7. The first-order chi connectivity index (χ1) is 19.1. The zero-order chi connectivity index (χ0) is 28.6. The van der Waals surface area contributed by atoms with Crippen molar-refractivity contribution in [2.24, 2.45) is 0 Å². The Morgan fingerprint density at radius 2 is 1.65 bits per heavy atom. The predicted molar refractivity (Wildman–Crippen MR) is 134 cm³/mol. The Labute approximate surface area is 225 Å². The molecule has 0 amide bonds. The van der Waals surface area contributed by atoms with Crippen molar-refractivity contribution in [2.45, 2.75) is 44.2 Å². The van der Waals surface area contributed by atoms with Crippen LogP contribution in [0.3, 0.4) is 0 Å². The van der Waals surface area contributed by atoms with Gasteiger partial charge in [-0.3, -0.25) is 4.57 Å². The third-order valence-electron chi connectivity index (χ3n) is 6.73. The number of benzene rings is 2. The van der Waals surface area contributed by atoms with Gasteiger partial charge in [0.2, 0.25) is 5.95 Å². The van der Waals surface area contributed by atoms with Crippen molar-refractivity contribution in [1.82, 2.24) is 19.5 Å². The van der Waals surface area contributed by atoms with Gasteiger partial charge in [0.15, 0.2) is 28.9 Å². The number of aliphatic hydroxyl groups is 1. The van der Waals surface area contributed by atoms with E-state index in [0.29, 0.717) is 0 Å². The van der Waals surface area contributed by atoms with Gasteiger partial charge < -0.3 is 25.2 Å². The van der Waals surface area contributed by atoms with Gasteiger partial charge in [-0.1, -0.05) is 12.1 Å². The third-order valence-corrected chi connectivity index (χ3v) is 6.73. The number of hydrogen-bond donors (Lipinski definition) is 3. The van der Waals surface area contributed by atoms with Crippen LogP contribution in [0.25, 0.3) is 11.2 Å². The average Bonchev–Trinajstić information content (AvgIpc) is 3.45. The molecule has 4 atom stereocenters. The lowest BCUT2D eigenvalue weighted by Crippen LogP contribution is -2.42. The number of nitrogens with one attached hydrogen (secondary N) is 2. The lowest BCUT2D eigenvalue weighted by atomic mass is 9.98. The first-order valence-corrected chi connectivity index (χ1v) is 12.2. The molecular weight excluding hydrogens is 539 g/mol. The van der Waals surface area contributed by atoms with Gasteiger partial charge in [-0.2, -0.15) is 9.97 Å². The van der Waals surface area contributed by atoms with Gasteiger partial charge in [0.25, 0.3) is 0 Å². The molecule has 1 aliphatic heterocycles. The van der Waals surface area contributed by atoms with Gasteiger partial charge in [0, 0.05) is 24.7 Å². The van der Waals surface area contributed by atoms with Crippen LogP contribution in [-0.4, -0.2) is 56.2 Å². The third kappa shape index (κ3) is 4.93. The normalized spacial score (nSPS) is 22.6. The quantitative estimate of drug-likeness (QED) is 0.259. The molecule has 212 valence electrons. The summed E-state index contributed by atoms with van der Waals surface area (Å²) in [4.78, 5) is 12.9. The molecule has 0 spiro atoms. The summed E-state index contributed by atoms with van der Waals surface area (Å²) in [5.41, 5.74) is -2.61. The van der Waals surface area contributed by atoms with E-state index in [1.54, 1.807) is 7.05 Å². The highest BCUT2D eigenvalue weighted by molar-refractivity contribution is 5.84. The van der Waals surface area contributed by atoms with E-state index >= 15 is 4.39 Å². The lowest BCUT2D eigenvalue weighted by Gasteiger charge is -2.28. The van der Waals surface area contributed by atoms with Crippen molar-refractivity contribution in [1.29, 1.82) is 0 Å². The molecule has 2 aromatic carbocycles. The van der Waals surface area contributed by atoms with Crippen molar-refractivity contribution in [3.63, 3.8) is 0 Å². The second-order valence-corrected chi connectivity index (χ2v) is 9.32. The molecule has 0 bridgehead atoms. The average molecular weight is 565 g/mol. The summed E-state index contributed by atoms with van der Waals surface area (Å²) in [5.74, 6) is -3.03. The van der Waals surface area contributed by atoms with Crippen LogP contribution >= 0.6 is 0 Å². The Kier molecular flexibility index (Phi) is 7.57. The predicted octanol–water partition coefficient (Wildman–Crippen LogP) is 4.24. The molecule has 3 N–H and O–H groups in total. The topological polar surface area (TPSA) is 106 Å². The van der Waals surface area contributed by atoms with E-state index in [2.05, 4.69) is 25.6 Å². The number of fused-ring (bicyclic) bond motifs is 1. The molecule has 0 aliphatic carbocycles. The van der Waals surface area contributed by atoms with Crippen LogP contribution < -0.4 is 10.6 Å². The summed E-state index contributed by atoms with van der Waals surface area (Å²) >= 11 is 0. The van der Waals surface area contributed by atoms with Gasteiger partial charge in [-0.15, -0.1) is 0 Å². The molecule has 14 heteroatoms. The molecule has 1 saturated heterocycles. The number of alkyl halides is 1. The van der Waals surface area contributed by atoms with E-state index in [1.807, 2.05) is 0 Å². The van der Waals surface area contributed by atoms with Crippen LogP contribution in [0.4, 0.5) is 33.7 Å². The maximum atomic E-state index is 16.4. The van der Waals surface area contributed by atoms with E-state index in [0.717, 1.165) is 24.3 Å². The summed E-state index contributed by atoms with van der Waals surface area (Å²) in [6, 6.07) is 6.78. The fourth-order valence-corrected chi connectivity index (χ4v) is 4.67. The van der Waals surface area contributed by atoms with Crippen LogP contribution in [0.5, 0.6) is 0 Å². The molecule has 4 aromatic rings. The monoisotopic (exact) mass is 564 g/mol. The van der Waals surface area contributed by atoms with Crippen LogP contribution in [0.1, 0.15) is 24.3 Å². The zero-order valence-corrected chi connectivity index (χ0v) is 21.3. The van der Waals surface area contributed by atoms with Crippen LogP contribution in [0.15, 0.2) is 42.7 Å². The number of hydrogen-bond acceptors (Lipinski definition) is 8. The highest BCUT2D eigenvalue weighted by atomic mass is 19.2. The highest BCUT2D eigenvalue weighted by Crippen LogP contribution is 2.44. The Hall–Kier alpha value is -3.88. The molecule has 40 heavy (non-hydrogen) atoms. The van der Waals surface area contributed by atoms with E-state index in [9.17, 15) is 22.7 Å². The fourth-order valence-electron chi connectivity index (χ4n) is 4.67. The Morgan fingerprint density at radius 3 is 2.25 bits per heavy atom. The number of rotatable bonds is 9. The molecule has 1 aliphatic rings. The molecule has 0 unspecified atom stereocenters. The zero-order valence-electron chi connectivity index (χ0n) is 21.3. The van der Waals surface area contributed by atoms with E-state index in [1.165, 1.54) is 30.0 Å². The number of nitrogens with zero attached hydrogens (tertiary/aromatic N) is 4. The number of ether oxygens (including phenoxy) is 2. The van der Waals surface area contributed by atoms with E-state index < -0.39 is 60.6 Å². The lowest BCUT2D eigenvalue weighted by molar-refractivity contribution is -0.0688. The SMILES string of the molecule is CNc1nc(NCc2c(F)cccc2F)nc2c1ncn2[C@@H]1O[C@H](CO)[C@@H](OCc2c(F)cccc2F)[C@@]1(C)F. The molecular formula is C26H25F5N6O3. The van der Waals surface area contributed by atoms with Gasteiger partial charge in [-0.25, -0.2) is 26.9 Å². The minimum Gasteiger partial charge on any atom is -0.394 e. The van der Waals surface area contributed by atoms with Gasteiger partial charge in [0.1, 0.15) is 35.5 Å². The molecule has 2 aromatic heterocycles. The van der Waals surface area contributed by atoms with Crippen molar-refractivity contribution >= 4 is 22.9 Å². The summed E-state index contributed by atoms with van der Waals surface area (Å²) in [6.07, 6.45) is -2.79. The maximum Gasteiger partial charge on any atom is 0.227 e. The maximum absolute atomic E-state index is 16.4. The molecule has 3 heterocycles. The first-order valence-electron chi connectivity index (χ1n) is 12.2. The summed E-state index contributed by atoms with van der Waals surface area (Å²) in [6.45, 7) is -0.365. The van der Waals surface area contributed by atoms with E-state index in [-0.39, 0.29) is 40.6 Å².